The fraction of sp³-hybridized carbons (Fsp3) is 0.0526. The fourth-order valence-corrected chi connectivity index (χ4v) is 2.79. The molecule has 0 saturated heterocycles. The number of nitrogens with one attached hydrogen (secondary N) is 1. The Morgan fingerprint density at radius 1 is 1.15 bits per heavy atom. The molecule has 26 heavy (non-hydrogen) atoms. The Kier molecular flexibility index (Phi) is 5.67. The second-order valence-corrected chi connectivity index (χ2v) is 6.59. The number of carbonyl (C=O) groups is 1. The highest BCUT2D eigenvalue weighted by Crippen LogP contribution is 2.26. The van der Waals surface area contributed by atoms with Crippen LogP contribution in [-0.2, 0) is 6.54 Å². The normalized spacial score (nSPS) is 10.4. The van der Waals surface area contributed by atoms with E-state index in [-0.39, 0.29) is 17.9 Å². The number of carbonyl (C=O) groups excluding carboxylic acids is 1. The van der Waals surface area contributed by atoms with Gasteiger partial charge in [0.2, 0.25) is 5.95 Å². The van der Waals surface area contributed by atoms with Gasteiger partial charge in [0, 0.05) is 6.54 Å². The maximum absolute atomic E-state index is 13.0. The molecule has 3 rings (SSSR count). The molecule has 0 fully saturated rings. The Balaban J connectivity index is 1.67. The molecule has 1 heterocycles. The third kappa shape index (κ3) is 4.48. The van der Waals surface area contributed by atoms with E-state index >= 15 is 0 Å². The topological polar surface area (TPSA) is 77.2 Å². The van der Waals surface area contributed by atoms with Crippen molar-refractivity contribution in [3.63, 3.8) is 0 Å². The van der Waals surface area contributed by atoms with Crippen molar-refractivity contribution in [2.45, 2.75) is 6.54 Å². The minimum absolute atomic E-state index is 0.137. The van der Waals surface area contributed by atoms with Crippen LogP contribution >= 0.6 is 22.6 Å². The predicted molar refractivity (Wildman–Crippen MR) is 105 cm³/mol. The average molecular weight is 463 g/mol. The molecule has 132 valence electrons. The highest BCUT2D eigenvalue weighted by molar-refractivity contribution is 14.1. The summed E-state index contributed by atoms with van der Waals surface area (Å²) >= 11 is 2.21. The second kappa shape index (κ2) is 8.13. The molecule has 1 amide bonds. The number of rotatable bonds is 5. The summed E-state index contributed by atoms with van der Waals surface area (Å²) < 4.78 is 19.9. The Hall–Kier alpha value is -2.68. The number of nitrogens with zero attached hydrogens (tertiary/aromatic N) is 1. The maximum Gasteiger partial charge on any atom is 0.255 e. The van der Waals surface area contributed by atoms with E-state index in [9.17, 15) is 9.18 Å². The van der Waals surface area contributed by atoms with Gasteiger partial charge < -0.3 is 15.8 Å². The first-order valence-electron chi connectivity index (χ1n) is 7.74. The molecule has 3 aromatic rings. The van der Waals surface area contributed by atoms with Gasteiger partial charge in [-0.05, 0) is 64.6 Å². The molecule has 0 spiro atoms. The molecule has 5 nitrogen and oxygen atoms in total. The predicted octanol–water partition coefficient (Wildman–Crippen LogP) is 4.13. The average Bonchev–Trinajstić information content (AvgIpc) is 2.62. The number of para-hydroxylation sites is 1. The van der Waals surface area contributed by atoms with Crippen LogP contribution in [0.25, 0.3) is 0 Å². The first-order valence-corrected chi connectivity index (χ1v) is 8.82. The van der Waals surface area contributed by atoms with E-state index in [0.29, 0.717) is 5.75 Å². The zero-order valence-corrected chi connectivity index (χ0v) is 15.7. The van der Waals surface area contributed by atoms with Crippen molar-refractivity contribution in [3.05, 3.63) is 81.3 Å². The number of amides is 1. The molecule has 0 radical (unpaired) electrons. The number of pyridine rings is 1. The minimum atomic E-state index is -0.723. The monoisotopic (exact) mass is 463 g/mol. The fourth-order valence-electron chi connectivity index (χ4n) is 2.29. The van der Waals surface area contributed by atoms with Crippen molar-refractivity contribution in [2.24, 2.45) is 0 Å². The van der Waals surface area contributed by atoms with Gasteiger partial charge in [-0.15, -0.1) is 0 Å². The minimum Gasteiger partial charge on any atom is -0.456 e. The molecule has 1 aromatic heterocycles. The summed E-state index contributed by atoms with van der Waals surface area (Å²) in [6.07, 6.45) is 0. The Labute approximate surface area is 163 Å². The zero-order valence-electron chi connectivity index (χ0n) is 13.6. The number of benzene rings is 2. The second-order valence-electron chi connectivity index (χ2n) is 5.43. The molecule has 0 aliphatic rings. The largest absolute Gasteiger partial charge is 0.456 e. The van der Waals surface area contributed by atoms with Crippen LogP contribution in [0.3, 0.4) is 0 Å². The molecule has 0 aliphatic heterocycles. The Morgan fingerprint density at radius 2 is 1.96 bits per heavy atom. The van der Waals surface area contributed by atoms with E-state index in [4.69, 9.17) is 10.5 Å². The number of anilines is 1. The number of aromatic nitrogens is 1. The van der Waals surface area contributed by atoms with Crippen LogP contribution in [0.5, 0.6) is 11.5 Å². The van der Waals surface area contributed by atoms with Crippen LogP contribution in [0.1, 0.15) is 15.9 Å². The van der Waals surface area contributed by atoms with Crippen LogP contribution in [0.15, 0.2) is 60.7 Å². The molecule has 0 unspecified atom stereocenters. The number of hydrogen-bond donors (Lipinski definition) is 2. The maximum atomic E-state index is 13.0. The lowest BCUT2D eigenvalue weighted by molar-refractivity contribution is 0.0951. The Bertz CT molecular complexity index is 950. The smallest absolute Gasteiger partial charge is 0.255 e. The quantitative estimate of drug-likeness (QED) is 0.441. The number of nitrogen functional groups attached to an aromatic ring is 1. The molecule has 0 aliphatic carbocycles. The SMILES string of the molecule is Nc1nc(F)ccc1C(=O)NCc1cccc(Oc2ccccc2I)c1. The summed E-state index contributed by atoms with van der Waals surface area (Å²) in [4.78, 5) is 15.6. The summed E-state index contributed by atoms with van der Waals surface area (Å²) in [7, 11) is 0. The standard InChI is InChI=1S/C19H15FIN3O2/c20-17-9-8-14(18(22)24-17)19(25)23-11-12-4-3-5-13(10-12)26-16-7-2-1-6-15(16)21/h1-10H,11H2,(H2,22,24)(H,23,25). The van der Waals surface area contributed by atoms with E-state index in [1.54, 1.807) is 0 Å². The van der Waals surface area contributed by atoms with Gasteiger partial charge in [0.15, 0.2) is 0 Å². The van der Waals surface area contributed by atoms with Crippen molar-refractivity contribution in [3.8, 4) is 11.5 Å². The summed E-state index contributed by atoms with van der Waals surface area (Å²) in [5.41, 5.74) is 6.58. The molecule has 3 N–H and O–H groups in total. The molecule has 7 heteroatoms. The third-order valence-corrected chi connectivity index (χ3v) is 4.44. The molecule has 0 atom stereocenters. The van der Waals surface area contributed by atoms with Gasteiger partial charge >= 0.3 is 0 Å². The summed E-state index contributed by atoms with van der Waals surface area (Å²) in [6.45, 7) is 0.277. The third-order valence-electron chi connectivity index (χ3n) is 3.55. The first-order chi connectivity index (χ1) is 12.5. The van der Waals surface area contributed by atoms with Crippen LogP contribution in [0.4, 0.5) is 10.2 Å². The van der Waals surface area contributed by atoms with Crippen molar-refractivity contribution < 1.29 is 13.9 Å². The number of nitrogens with two attached hydrogens (primary N) is 1. The van der Waals surface area contributed by atoms with E-state index < -0.39 is 11.9 Å². The lowest BCUT2D eigenvalue weighted by Gasteiger charge is -2.10. The van der Waals surface area contributed by atoms with Gasteiger partial charge in [-0.3, -0.25) is 4.79 Å². The highest BCUT2D eigenvalue weighted by Gasteiger charge is 2.11. The molecule has 2 aromatic carbocycles. The van der Waals surface area contributed by atoms with Crippen molar-refractivity contribution in [1.29, 1.82) is 0 Å². The van der Waals surface area contributed by atoms with Gasteiger partial charge in [-0.25, -0.2) is 4.98 Å². The van der Waals surface area contributed by atoms with Crippen LogP contribution in [0.2, 0.25) is 0 Å². The van der Waals surface area contributed by atoms with Crippen LogP contribution in [-0.4, -0.2) is 10.9 Å². The van der Waals surface area contributed by atoms with E-state index in [1.807, 2.05) is 48.5 Å². The van der Waals surface area contributed by atoms with E-state index in [2.05, 4.69) is 32.9 Å². The van der Waals surface area contributed by atoms with Crippen molar-refractivity contribution in [1.82, 2.24) is 10.3 Å². The van der Waals surface area contributed by atoms with Gasteiger partial charge in [-0.2, -0.15) is 4.39 Å². The highest BCUT2D eigenvalue weighted by atomic mass is 127. The van der Waals surface area contributed by atoms with Gasteiger partial charge in [-0.1, -0.05) is 24.3 Å². The number of halogens is 2. The lowest BCUT2D eigenvalue weighted by atomic mass is 10.2. The summed E-state index contributed by atoms with van der Waals surface area (Å²) in [6, 6.07) is 17.5. The molecular weight excluding hydrogens is 448 g/mol. The van der Waals surface area contributed by atoms with Gasteiger partial charge in [0.25, 0.3) is 5.91 Å². The molecule has 0 bridgehead atoms. The van der Waals surface area contributed by atoms with Crippen molar-refractivity contribution in [2.75, 3.05) is 5.73 Å². The molecular formula is C19H15FIN3O2. The van der Waals surface area contributed by atoms with Gasteiger partial charge in [0.1, 0.15) is 17.3 Å². The lowest BCUT2D eigenvalue weighted by Crippen LogP contribution is -2.24. The van der Waals surface area contributed by atoms with E-state index in [1.165, 1.54) is 6.07 Å². The van der Waals surface area contributed by atoms with Crippen LogP contribution < -0.4 is 15.8 Å². The summed E-state index contributed by atoms with van der Waals surface area (Å²) in [5, 5.41) is 2.74. The Morgan fingerprint density at radius 3 is 2.73 bits per heavy atom. The number of hydrogen-bond acceptors (Lipinski definition) is 4. The van der Waals surface area contributed by atoms with Gasteiger partial charge in [0.05, 0.1) is 9.13 Å². The van der Waals surface area contributed by atoms with E-state index in [0.717, 1.165) is 20.9 Å². The van der Waals surface area contributed by atoms with Crippen LogP contribution in [0, 0.1) is 9.52 Å². The summed E-state index contributed by atoms with van der Waals surface area (Å²) in [5.74, 6) is 0.153. The van der Waals surface area contributed by atoms with Crippen molar-refractivity contribution >= 4 is 34.3 Å². The number of ether oxygens (including phenoxy) is 1. The molecule has 0 saturated carbocycles. The zero-order chi connectivity index (χ0) is 18.5. The first kappa shape index (κ1) is 18.1.